The monoisotopic (exact) mass is 384 g/mol. The Bertz CT molecular complexity index is 825. The predicted octanol–water partition coefficient (Wildman–Crippen LogP) is 4.84. The average molecular weight is 385 g/mol. The Morgan fingerprint density at radius 2 is 1.88 bits per heavy atom. The molecule has 24 heavy (non-hydrogen) atoms. The molecule has 0 radical (unpaired) electrons. The van der Waals surface area contributed by atoms with E-state index in [0.717, 1.165) is 27.1 Å². The van der Waals surface area contributed by atoms with Crippen LogP contribution in [0.15, 0.2) is 74.7 Å². The van der Waals surface area contributed by atoms with Gasteiger partial charge >= 0.3 is 0 Å². The zero-order chi connectivity index (χ0) is 16.8. The van der Waals surface area contributed by atoms with Gasteiger partial charge in [-0.05, 0) is 30.3 Å². The van der Waals surface area contributed by atoms with Crippen LogP contribution in [0.25, 0.3) is 11.3 Å². The number of para-hydroxylation sites is 1. The molecule has 0 saturated carbocycles. The SMILES string of the molecule is COc1ccccc1CN/N=C\c1ccc(-c2ccc(Br)cc2)o1. The number of hydrogen-bond acceptors (Lipinski definition) is 4. The highest BCUT2D eigenvalue weighted by atomic mass is 79.9. The Labute approximate surface area is 149 Å². The fourth-order valence-corrected chi connectivity index (χ4v) is 2.54. The minimum absolute atomic E-state index is 0.584. The Kier molecular flexibility index (Phi) is 5.33. The first-order valence-electron chi connectivity index (χ1n) is 7.50. The number of hydrazone groups is 1. The van der Waals surface area contributed by atoms with Gasteiger partial charge < -0.3 is 14.6 Å². The quantitative estimate of drug-likeness (QED) is 0.488. The van der Waals surface area contributed by atoms with Crippen LogP contribution in [0.1, 0.15) is 11.3 Å². The van der Waals surface area contributed by atoms with Crippen molar-refractivity contribution in [1.82, 2.24) is 5.43 Å². The molecule has 1 heterocycles. The molecule has 0 unspecified atom stereocenters. The van der Waals surface area contributed by atoms with Crippen molar-refractivity contribution in [3.05, 3.63) is 76.5 Å². The number of hydrogen-bond donors (Lipinski definition) is 1. The lowest BCUT2D eigenvalue weighted by atomic mass is 10.2. The first kappa shape index (κ1) is 16.3. The van der Waals surface area contributed by atoms with Crippen molar-refractivity contribution >= 4 is 22.1 Å². The van der Waals surface area contributed by atoms with Gasteiger partial charge in [0, 0.05) is 15.6 Å². The maximum Gasteiger partial charge on any atom is 0.147 e. The lowest BCUT2D eigenvalue weighted by Crippen LogP contribution is -2.06. The summed E-state index contributed by atoms with van der Waals surface area (Å²) in [4.78, 5) is 0. The van der Waals surface area contributed by atoms with Gasteiger partial charge in [0.2, 0.25) is 0 Å². The van der Waals surface area contributed by atoms with Gasteiger partial charge in [0.1, 0.15) is 17.3 Å². The number of furan rings is 1. The van der Waals surface area contributed by atoms with E-state index in [1.807, 2.05) is 60.7 Å². The zero-order valence-corrected chi connectivity index (χ0v) is 14.8. The molecule has 0 fully saturated rings. The number of benzene rings is 2. The van der Waals surface area contributed by atoms with E-state index in [1.165, 1.54) is 0 Å². The van der Waals surface area contributed by atoms with Crippen LogP contribution in [0.2, 0.25) is 0 Å². The first-order chi connectivity index (χ1) is 11.8. The molecule has 1 N–H and O–H groups in total. The summed E-state index contributed by atoms with van der Waals surface area (Å²) in [6.45, 7) is 0.584. The molecule has 3 aromatic rings. The van der Waals surface area contributed by atoms with Crippen molar-refractivity contribution in [2.24, 2.45) is 5.10 Å². The van der Waals surface area contributed by atoms with Gasteiger partial charge in [-0.1, -0.05) is 46.3 Å². The molecule has 0 aliphatic rings. The van der Waals surface area contributed by atoms with Gasteiger partial charge in [0.25, 0.3) is 0 Å². The van der Waals surface area contributed by atoms with Crippen molar-refractivity contribution < 1.29 is 9.15 Å². The van der Waals surface area contributed by atoms with Gasteiger partial charge in [-0.3, -0.25) is 0 Å². The van der Waals surface area contributed by atoms with Crippen LogP contribution in [0.3, 0.4) is 0 Å². The summed E-state index contributed by atoms with van der Waals surface area (Å²) in [6, 6.07) is 19.7. The number of rotatable bonds is 6. The van der Waals surface area contributed by atoms with Crippen LogP contribution in [-0.4, -0.2) is 13.3 Å². The molecule has 122 valence electrons. The van der Waals surface area contributed by atoms with Crippen molar-refractivity contribution in [2.45, 2.75) is 6.54 Å². The maximum atomic E-state index is 5.78. The van der Waals surface area contributed by atoms with Crippen molar-refractivity contribution in [2.75, 3.05) is 7.11 Å². The number of nitrogens with zero attached hydrogens (tertiary/aromatic N) is 1. The van der Waals surface area contributed by atoms with Crippen molar-refractivity contribution in [3.8, 4) is 17.1 Å². The first-order valence-corrected chi connectivity index (χ1v) is 8.29. The van der Waals surface area contributed by atoms with E-state index >= 15 is 0 Å². The largest absolute Gasteiger partial charge is 0.496 e. The van der Waals surface area contributed by atoms with E-state index in [0.29, 0.717) is 12.3 Å². The van der Waals surface area contributed by atoms with Gasteiger partial charge in [0.05, 0.1) is 19.9 Å². The zero-order valence-electron chi connectivity index (χ0n) is 13.2. The lowest BCUT2D eigenvalue weighted by molar-refractivity contribution is 0.408. The third-order valence-electron chi connectivity index (χ3n) is 3.50. The Balaban J connectivity index is 1.60. The molecule has 0 atom stereocenters. The summed E-state index contributed by atoms with van der Waals surface area (Å²) >= 11 is 3.43. The molecule has 0 aliphatic heterocycles. The number of nitrogens with one attached hydrogen (secondary N) is 1. The predicted molar refractivity (Wildman–Crippen MR) is 99.3 cm³/mol. The molecule has 0 aliphatic carbocycles. The second kappa shape index (κ2) is 7.84. The molecule has 0 bridgehead atoms. The van der Waals surface area contributed by atoms with E-state index in [2.05, 4.69) is 26.5 Å². The fourth-order valence-electron chi connectivity index (χ4n) is 2.28. The summed E-state index contributed by atoms with van der Waals surface area (Å²) in [5, 5.41) is 4.20. The van der Waals surface area contributed by atoms with Crippen molar-refractivity contribution in [3.63, 3.8) is 0 Å². The number of methoxy groups -OCH3 is 1. The summed E-state index contributed by atoms with van der Waals surface area (Å²) in [7, 11) is 1.66. The van der Waals surface area contributed by atoms with Gasteiger partial charge in [-0.15, -0.1) is 0 Å². The molecule has 0 amide bonds. The summed E-state index contributed by atoms with van der Waals surface area (Å²) in [5.41, 5.74) is 5.08. The van der Waals surface area contributed by atoms with Crippen LogP contribution in [0, 0.1) is 0 Å². The van der Waals surface area contributed by atoms with E-state index in [9.17, 15) is 0 Å². The molecule has 4 nitrogen and oxygen atoms in total. The lowest BCUT2D eigenvalue weighted by Gasteiger charge is -2.06. The minimum atomic E-state index is 0.584. The molecular formula is C19H17BrN2O2. The van der Waals surface area contributed by atoms with Crippen LogP contribution in [-0.2, 0) is 6.54 Å². The molecule has 0 saturated heterocycles. The van der Waals surface area contributed by atoms with Crippen LogP contribution in [0.4, 0.5) is 0 Å². The summed E-state index contributed by atoms with van der Waals surface area (Å²) in [5.74, 6) is 2.35. The van der Waals surface area contributed by atoms with Crippen molar-refractivity contribution in [1.29, 1.82) is 0 Å². The minimum Gasteiger partial charge on any atom is -0.496 e. The second-order valence-corrected chi connectivity index (χ2v) is 6.03. The fraction of sp³-hybridized carbons (Fsp3) is 0.105. The third-order valence-corrected chi connectivity index (χ3v) is 4.03. The molecule has 0 spiro atoms. The molecule has 3 rings (SSSR count). The molecular weight excluding hydrogens is 368 g/mol. The maximum absolute atomic E-state index is 5.78. The molecule has 2 aromatic carbocycles. The smallest absolute Gasteiger partial charge is 0.147 e. The van der Waals surface area contributed by atoms with Crippen LogP contribution >= 0.6 is 15.9 Å². The normalized spacial score (nSPS) is 10.9. The van der Waals surface area contributed by atoms with Gasteiger partial charge in [-0.2, -0.15) is 5.10 Å². The average Bonchev–Trinajstić information content (AvgIpc) is 3.08. The van der Waals surface area contributed by atoms with E-state index < -0.39 is 0 Å². The Morgan fingerprint density at radius 3 is 2.67 bits per heavy atom. The van der Waals surface area contributed by atoms with E-state index in [-0.39, 0.29) is 0 Å². The third kappa shape index (κ3) is 4.06. The molecule has 1 aromatic heterocycles. The second-order valence-electron chi connectivity index (χ2n) is 5.11. The standard InChI is InChI=1S/C19H17BrN2O2/c1-23-18-5-3-2-4-15(18)12-21-22-13-17-10-11-19(24-17)14-6-8-16(20)9-7-14/h2-11,13,21H,12H2,1H3/b22-13-. The van der Waals surface area contributed by atoms with Gasteiger partial charge in [0.15, 0.2) is 0 Å². The number of ether oxygens (including phenoxy) is 1. The van der Waals surface area contributed by atoms with E-state index in [1.54, 1.807) is 13.3 Å². The van der Waals surface area contributed by atoms with E-state index in [4.69, 9.17) is 9.15 Å². The summed E-state index contributed by atoms with van der Waals surface area (Å²) < 4.78 is 12.1. The Hall–Kier alpha value is -2.53. The highest BCUT2D eigenvalue weighted by molar-refractivity contribution is 9.10. The Morgan fingerprint density at radius 1 is 1.08 bits per heavy atom. The van der Waals surface area contributed by atoms with Gasteiger partial charge in [-0.25, -0.2) is 0 Å². The highest BCUT2D eigenvalue weighted by Gasteiger charge is 2.03. The van der Waals surface area contributed by atoms with Crippen LogP contribution in [0.5, 0.6) is 5.75 Å². The van der Waals surface area contributed by atoms with Crippen LogP contribution < -0.4 is 10.2 Å². The highest BCUT2D eigenvalue weighted by Crippen LogP contribution is 2.23. The topological polar surface area (TPSA) is 46.8 Å². The summed E-state index contributed by atoms with van der Waals surface area (Å²) in [6.07, 6.45) is 1.66. The molecule has 5 heteroatoms. The number of halogens is 1.